The van der Waals surface area contributed by atoms with Crippen LogP contribution in [0.2, 0.25) is 5.02 Å². The maximum absolute atomic E-state index is 6.34. The van der Waals surface area contributed by atoms with Crippen molar-refractivity contribution in [3.8, 4) is 0 Å². The fourth-order valence-corrected chi connectivity index (χ4v) is 2.44. The topological polar surface area (TPSA) is 12.9 Å². The van der Waals surface area contributed by atoms with E-state index in [-0.39, 0.29) is 0 Å². The number of pyridine rings is 1. The van der Waals surface area contributed by atoms with Crippen LogP contribution in [0.5, 0.6) is 0 Å². The van der Waals surface area contributed by atoms with Crippen molar-refractivity contribution < 1.29 is 0 Å². The van der Waals surface area contributed by atoms with E-state index < -0.39 is 0 Å². The standard InChI is InChI=1S/C12H11ClIN/c1-3-10-7(2)12(13)9-6-8(14)4-5-11(9)15-10/h4-6H,3H2,1-2H3. The average molecular weight is 332 g/mol. The van der Waals surface area contributed by atoms with Gasteiger partial charge in [0, 0.05) is 14.7 Å². The molecule has 2 rings (SSSR count). The lowest BCUT2D eigenvalue weighted by Crippen LogP contribution is -1.94. The van der Waals surface area contributed by atoms with Gasteiger partial charge in [-0.05, 0) is 59.7 Å². The van der Waals surface area contributed by atoms with Crippen LogP contribution in [0.4, 0.5) is 0 Å². The fraction of sp³-hybridized carbons (Fsp3) is 0.250. The minimum atomic E-state index is 0.843. The molecule has 1 heterocycles. The molecule has 0 N–H and O–H groups in total. The van der Waals surface area contributed by atoms with Crippen molar-refractivity contribution in [2.75, 3.05) is 0 Å². The quantitative estimate of drug-likeness (QED) is 0.707. The Morgan fingerprint density at radius 2 is 2.13 bits per heavy atom. The molecule has 0 atom stereocenters. The van der Waals surface area contributed by atoms with Gasteiger partial charge in [0.15, 0.2) is 0 Å². The largest absolute Gasteiger partial charge is 0.252 e. The van der Waals surface area contributed by atoms with Crippen LogP contribution in [0.3, 0.4) is 0 Å². The molecule has 0 fully saturated rings. The molecule has 0 amide bonds. The third-order valence-corrected chi connectivity index (χ3v) is 3.71. The zero-order chi connectivity index (χ0) is 11.0. The molecule has 78 valence electrons. The number of aryl methyl sites for hydroxylation is 1. The Morgan fingerprint density at radius 3 is 2.80 bits per heavy atom. The molecule has 1 aromatic heterocycles. The van der Waals surface area contributed by atoms with Crippen LogP contribution in [0.1, 0.15) is 18.2 Å². The maximum Gasteiger partial charge on any atom is 0.0721 e. The van der Waals surface area contributed by atoms with Gasteiger partial charge >= 0.3 is 0 Å². The van der Waals surface area contributed by atoms with Gasteiger partial charge in [0.1, 0.15) is 0 Å². The summed E-state index contributed by atoms with van der Waals surface area (Å²) in [5.41, 5.74) is 3.19. The van der Waals surface area contributed by atoms with Crippen LogP contribution >= 0.6 is 34.2 Å². The Morgan fingerprint density at radius 1 is 1.40 bits per heavy atom. The van der Waals surface area contributed by atoms with E-state index in [0.717, 1.165) is 33.6 Å². The Kier molecular flexibility index (Phi) is 3.16. The van der Waals surface area contributed by atoms with Gasteiger partial charge in [-0.25, -0.2) is 0 Å². The summed E-state index contributed by atoms with van der Waals surface area (Å²) in [6, 6.07) is 6.17. The summed E-state index contributed by atoms with van der Waals surface area (Å²) in [6.45, 7) is 4.14. The van der Waals surface area contributed by atoms with Gasteiger partial charge < -0.3 is 0 Å². The van der Waals surface area contributed by atoms with Crippen LogP contribution in [0.15, 0.2) is 18.2 Å². The predicted octanol–water partition coefficient (Wildman–Crippen LogP) is 4.36. The Labute approximate surface area is 108 Å². The Bertz CT molecular complexity index is 523. The molecule has 0 saturated carbocycles. The number of halogens is 2. The van der Waals surface area contributed by atoms with Crippen LogP contribution in [-0.2, 0) is 6.42 Å². The first-order chi connectivity index (χ1) is 7.13. The molecule has 0 aliphatic carbocycles. The summed E-state index contributed by atoms with van der Waals surface area (Å²) in [5.74, 6) is 0. The summed E-state index contributed by atoms with van der Waals surface area (Å²) in [4.78, 5) is 4.61. The van der Waals surface area contributed by atoms with Crippen molar-refractivity contribution in [2.24, 2.45) is 0 Å². The first-order valence-electron chi connectivity index (χ1n) is 4.87. The van der Waals surface area contributed by atoms with Gasteiger partial charge in [0.25, 0.3) is 0 Å². The van der Waals surface area contributed by atoms with Gasteiger partial charge in [0.05, 0.1) is 10.5 Å². The molecule has 15 heavy (non-hydrogen) atoms. The van der Waals surface area contributed by atoms with Crippen LogP contribution < -0.4 is 0 Å². The van der Waals surface area contributed by atoms with E-state index in [1.165, 1.54) is 3.57 Å². The molecule has 0 radical (unpaired) electrons. The predicted molar refractivity (Wildman–Crippen MR) is 73.6 cm³/mol. The van der Waals surface area contributed by atoms with Crippen molar-refractivity contribution in [3.05, 3.63) is 38.0 Å². The third kappa shape index (κ3) is 1.97. The minimum absolute atomic E-state index is 0.843. The normalized spacial score (nSPS) is 10.9. The summed E-state index contributed by atoms with van der Waals surface area (Å²) >= 11 is 8.63. The second-order valence-electron chi connectivity index (χ2n) is 3.51. The van der Waals surface area contributed by atoms with Gasteiger partial charge in [-0.3, -0.25) is 4.98 Å². The van der Waals surface area contributed by atoms with Crippen molar-refractivity contribution in [2.45, 2.75) is 20.3 Å². The summed E-state index contributed by atoms with van der Waals surface area (Å²) in [5, 5.41) is 1.90. The number of rotatable bonds is 1. The van der Waals surface area contributed by atoms with Crippen LogP contribution in [-0.4, -0.2) is 4.98 Å². The molecular formula is C12H11ClIN. The number of hydrogen-bond acceptors (Lipinski definition) is 1. The van der Waals surface area contributed by atoms with Crippen molar-refractivity contribution in [3.63, 3.8) is 0 Å². The van der Waals surface area contributed by atoms with E-state index in [9.17, 15) is 0 Å². The molecule has 0 saturated heterocycles. The number of fused-ring (bicyclic) bond motifs is 1. The lowest BCUT2D eigenvalue weighted by molar-refractivity contribution is 1.03. The summed E-state index contributed by atoms with van der Waals surface area (Å²) < 4.78 is 1.19. The monoisotopic (exact) mass is 331 g/mol. The number of nitrogens with zero attached hydrogens (tertiary/aromatic N) is 1. The van der Waals surface area contributed by atoms with Gasteiger partial charge in [-0.15, -0.1) is 0 Å². The highest BCUT2D eigenvalue weighted by Gasteiger charge is 2.08. The Balaban J connectivity index is 2.84. The second kappa shape index (κ2) is 4.26. The zero-order valence-corrected chi connectivity index (χ0v) is 11.6. The van der Waals surface area contributed by atoms with Gasteiger partial charge in [0.2, 0.25) is 0 Å². The SMILES string of the molecule is CCc1nc2ccc(I)cc2c(Cl)c1C. The highest BCUT2D eigenvalue weighted by molar-refractivity contribution is 14.1. The van der Waals surface area contributed by atoms with Crippen molar-refractivity contribution in [1.82, 2.24) is 4.98 Å². The average Bonchev–Trinajstić information content (AvgIpc) is 2.24. The van der Waals surface area contributed by atoms with E-state index in [0.29, 0.717) is 0 Å². The second-order valence-corrected chi connectivity index (χ2v) is 5.14. The van der Waals surface area contributed by atoms with Gasteiger partial charge in [-0.1, -0.05) is 18.5 Å². The van der Waals surface area contributed by atoms with Crippen LogP contribution in [0.25, 0.3) is 10.9 Å². The van der Waals surface area contributed by atoms with Crippen molar-refractivity contribution >= 4 is 45.1 Å². The minimum Gasteiger partial charge on any atom is -0.252 e. The molecule has 0 aliphatic rings. The number of benzene rings is 1. The van der Waals surface area contributed by atoms with E-state index in [2.05, 4.69) is 46.6 Å². The summed E-state index contributed by atoms with van der Waals surface area (Å²) in [6.07, 6.45) is 0.924. The molecule has 0 unspecified atom stereocenters. The third-order valence-electron chi connectivity index (χ3n) is 2.55. The molecule has 0 spiro atoms. The van der Waals surface area contributed by atoms with E-state index in [1.54, 1.807) is 0 Å². The van der Waals surface area contributed by atoms with Crippen molar-refractivity contribution in [1.29, 1.82) is 0 Å². The molecular weight excluding hydrogens is 320 g/mol. The van der Waals surface area contributed by atoms with Gasteiger partial charge in [-0.2, -0.15) is 0 Å². The molecule has 1 nitrogen and oxygen atoms in total. The van der Waals surface area contributed by atoms with Crippen LogP contribution in [0, 0.1) is 10.5 Å². The molecule has 2 aromatic rings. The molecule has 0 aliphatic heterocycles. The lowest BCUT2D eigenvalue weighted by atomic mass is 10.1. The maximum atomic E-state index is 6.34. The van der Waals surface area contributed by atoms with E-state index in [1.807, 2.05) is 13.0 Å². The van der Waals surface area contributed by atoms with E-state index >= 15 is 0 Å². The lowest BCUT2D eigenvalue weighted by Gasteiger charge is -2.08. The summed E-state index contributed by atoms with van der Waals surface area (Å²) in [7, 11) is 0. The highest BCUT2D eigenvalue weighted by atomic mass is 127. The molecule has 1 aromatic carbocycles. The first kappa shape index (κ1) is 11.1. The first-order valence-corrected chi connectivity index (χ1v) is 6.33. The zero-order valence-electron chi connectivity index (χ0n) is 8.64. The number of hydrogen-bond donors (Lipinski definition) is 0. The Hall–Kier alpha value is -0.350. The van der Waals surface area contributed by atoms with E-state index in [4.69, 9.17) is 11.6 Å². The molecule has 0 bridgehead atoms. The molecule has 3 heteroatoms. The smallest absolute Gasteiger partial charge is 0.0721 e. The highest BCUT2D eigenvalue weighted by Crippen LogP contribution is 2.29. The fourth-order valence-electron chi connectivity index (χ4n) is 1.68. The number of aromatic nitrogens is 1.